The lowest BCUT2D eigenvalue weighted by Gasteiger charge is -2.29. The van der Waals surface area contributed by atoms with Gasteiger partial charge in [-0.3, -0.25) is 4.79 Å². The van der Waals surface area contributed by atoms with Crippen LogP contribution in [0.2, 0.25) is 0 Å². The summed E-state index contributed by atoms with van der Waals surface area (Å²) in [5.74, 6) is -1.19. The highest BCUT2D eigenvalue weighted by atomic mass is 16.4. The predicted octanol–water partition coefficient (Wildman–Crippen LogP) is 2.63. The second kappa shape index (κ2) is 5.32. The normalized spacial score (nSPS) is 14.7. The van der Waals surface area contributed by atoms with Gasteiger partial charge in [0.15, 0.2) is 0 Å². The minimum absolute atomic E-state index is 0.0897. The molecule has 1 aromatic rings. The van der Waals surface area contributed by atoms with Crippen molar-refractivity contribution in [3.63, 3.8) is 0 Å². The van der Waals surface area contributed by atoms with Gasteiger partial charge in [0.05, 0.1) is 5.92 Å². The van der Waals surface area contributed by atoms with Gasteiger partial charge in [0.2, 0.25) is 0 Å². The maximum absolute atomic E-state index is 11.2. The van der Waals surface area contributed by atoms with E-state index in [0.717, 1.165) is 11.1 Å². The molecule has 3 nitrogen and oxygen atoms in total. The molecule has 0 bridgehead atoms. The van der Waals surface area contributed by atoms with Gasteiger partial charge < -0.3 is 10.0 Å². The van der Waals surface area contributed by atoms with Gasteiger partial charge in [-0.25, -0.2) is 0 Å². The zero-order chi connectivity index (χ0) is 13.2. The van der Waals surface area contributed by atoms with Gasteiger partial charge in [-0.1, -0.05) is 30.7 Å². The summed E-state index contributed by atoms with van der Waals surface area (Å²) >= 11 is 0. The summed E-state index contributed by atoms with van der Waals surface area (Å²) in [7, 11) is 3.84. The molecule has 0 aliphatic carbocycles. The van der Waals surface area contributed by atoms with Gasteiger partial charge in [-0.05, 0) is 39.1 Å². The summed E-state index contributed by atoms with van der Waals surface area (Å²) in [5, 5.41) is 9.18. The molecule has 0 heterocycles. The Morgan fingerprint density at radius 3 is 2.29 bits per heavy atom. The Bertz CT molecular complexity index is 413. The molecule has 2 atom stereocenters. The van der Waals surface area contributed by atoms with Gasteiger partial charge in [0.1, 0.15) is 0 Å². The zero-order valence-electron chi connectivity index (χ0n) is 11.2. The summed E-state index contributed by atoms with van der Waals surface area (Å²) in [5.41, 5.74) is 3.44. The molecule has 0 fully saturated rings. The van der Waals surface area contributed by atoms with Crippen LogP contribution in [-0.2, 0) is 4.79 Å². The molecule has 0 saturated heterocycles. The van der Waals surface area contributed by atoms with Crippen molar-refractivity contribution in [2.75, 3.05) is 14.1 Å². The standard InChI is InChI=1S/C14H21NO2/c1-9-6-7-12(10(2)8-9)13(15(4)5)11(3)14(16)17/h6-8,11,13H,1-5H3,(H,16,17). The fourth-order valence-corrected chi connectivity index (χ4v) is 2.29. The third-order valence-electron chi connectivity index (χ3n) is 3.16. The Morgan fingerprint density at radius 2 is 1.88 bits per heavy atom. The molecule has 1 aromatic carbocycles. The van der Waals surface area contributed by atoms with Crippen LogP contribution in [0.3, 0.4) is 0 Å². The monoisotopic (exact) mass is 235 g/mol. The van der Waals surface area contributed by atoms with E-state index in [2.05, 4.69) is 6.07 Å². The van der Waals surface area contributed by atoms with Crippen molar-refractivity contribution >= 4 is 5.97 Å². The highest BCUT2D eigenvalue weighted by molar-refractivity contribution is 5.71. The molecule has 17 heavy (non-hydrogen) atoms. The lowest BCUT2D eigenvalue weighted by Crippen LogP contribution is -2.31. The van der Waals surface area contributed by atoms with Gasteiger partial charge in [-0.15, -0.1) is 0 Å². The third-order valence-corrected chi connectivity index (χ3v) is 3.16. The van der Waals surface area contributed by atoms with Crippen LogP contribution in [0.4, 0.5) is 0 Å². The van der Waals surface area contributed by atoms with E-state index in [-0.39, 0.29) is 6.04 Å². The molecule has 0 radical (unpaired) electrons. The highest BCUT2D eigenvalue weighted by Gasteiger charge is 2.27. The maximum atomic E-state index is 11.2. The SMILES string of the molecule is Cc1ccc(C(C(C)C(=O)O)N(C)C)c(C)c1. The van der Waals surface area contributed by atoms with Crippen LogP contribution < -0.4 is 0 Å². The smallest absolute Gasteiger partial charge is 0.308 e. The number of rotatable bonds is 4. The van der Waals surface area contributed by atoms with E-state index in [1.807, 2.05) is 45.0 Å². The summed E-state index contributed by atoms with van der Waals surface area (Å²) < 4.78 is 0. The van der Waals surface area contributed by atoms with Crippen molar-refractivity contribution in [2.45, 2.75) is 26.8 Å². The topological polar surface area (TPSA) is 40.5 Å². The first kappa shape index (κ1) is 13.7. The quantitative estimate of drug-likeness (QED) is 0.872. The van der Waals surface area contributed by atoms with E-state index < -0.39 is 11.9 Å². The van der Waals surface area contributed by atoms with Crippen LogP contribution in [0, 0.1) is 19.8 Å². The second-order valence-corrected chi connectivity index (χ2v) is 4.90. The minimum Gasteiger partial charge on any atom is -0.481 e. The number of hydrogen-bond donors (Lipinski definition) is 1. The highest BCUT2D eigenvalue weighted by Crippen LogP contribution is 2.29. The number of aryl methyl sites for hydroxylation is 2. The van der Waals surface area contributed by atoms with Gasteiger partial charge in [-0.2, -0.15) is 0 Å². The van der Waals surface area contributed by atoms with Crippen molar-refractivity contribution < 1.29 is 9.90 Å². The molecule has 0 amide bonds. The molecular weight excluding hydrogens is 214 g/mol. The fraction of sp³-hybridized carbons (Fsp3) is 0.500. The Labute approximate surface area is 103 Å². The van der Waals surface area contributed by atoms with Gasteiger partial charge in [0, 0.05) is 6.04 Å². The molecule has 2 unspecified atom stereocenters. The number of carboxylic acids is 1. The Morgan fingerprint density at radius 1 is 1.29 bits per heavy atom. The van der Waals surface area contributed by atoms with Crippen LogP contribution in [0.15, 0.2) is 18.2 Å². The van der Waals surface area contributed by atoms with Crippen molar-refractivity contribution in [3.8, 4) is 0 Å². The Balaban J connectivity index is 3.19. The first-order valence-corrected chi connectivity index (χ1v) is 5.81. The predicted molar refractivity (Wildman–Crippen MR) is 69.1 cm³/mol. The Hall–Kier alpha value is -1.35. The van der Waals surface area contributed by atoms with Crippen molar-refractivity contribution in [3.05, 3.63) is 34.9 Å². The lowest BCUT2D eigenvalue weighted by atomic mass is 9.90. The average Bonchev–Trinajstić information content (AvgIpc) is 2.20. The van der Waals surface area contributed by atoms with E-state index in [0.29, 0.717) is 0 Å². The van der Waals surface area contributed by atoms with Crippen molar-refractivity contribution in [1.82, 2.24) is 4.90 Å². The first-order valence-electron chi connectivity index (χ1n) is 5.81. The molecular formula is C14H21NO2. The van der Waals surface area contributed by atoms with Gasteiger partial charge >= 0.3 is 5.97 Å². The van der Waals surface area contributed by atoms with Crippen molar-refractivity contribution in [1.29, 1.82) is 0 Å². The van der Waals surface area contributed by atoms with E-state index >= 15 is 0 Å². The number of carboxylic acid groups (broad SMARTS) is 1. The summed E-state index contributed by atoms with van der Waals surface area (Å²) in [6, 6.07) is 6.08. The lowest BCUT2D eigenvalue weighted by molar-refractivity contribution is -0.143. The number of benzene rings is 1. The fourth-order valence-electron chi connectivity index (χ4n) is 2.29. The Kier molecular flexibility index (Phi) is 4.29. The molecule has 1 N–H and O–H groups in total. The summed E-state index contributed by atoms with van der Waals surface area (Å²) in [4.78, 5) is 13.1. The number of nitrogens with zero attached hydrogens (tertiary/aromatic N) is 1. The minimum atomic E-state index is -0.760. The van der Waals surface area contributed by atoms with Crippen molar-refractivity contribution in [2.24, 2.45) is 5.92 Å². The van der Waals surface area contributed by atoms with Gasteiger partial charge in [0.25, 0.3) is 0 Å². The number of hydrogen-bond acceptors (Lipinski definition) is 2. The molecule has 0 aliphatic rings. The molecule has 0 saturated carbocycles. The molecule has 3 heteroatoms. The molecule has 94 valence electrons. The van der Waals surface area contributed by atoms with E-state index in [4.69, 9.17) is 0 Å². The molecule has 0 aliphatic heterocycles. The molecule has 0 aromatic heterocycles. The second-order valence-electron chi connectivity index (χ2n) is 4.90. The summed E-state index contributed by atoms with van der Waals surface area (Å²) in [6.07, 6.45) is 0. The average molecular weight is 235 g/mol. The maximum Gasteiger partial charge on any atom is 0.308 e. The first-order chi connectivity index (χ1) is 7.84. The molecule has 1 rings (SSSR count). The van der Waals surface area contributed by atoms with Crippen LogP contribution in [0.5, 0.6) is 0 Å². The van der Waals surface area contributed by atoms with E-state index in [9.17, 15) is 9.90 Å². The van der Waals surface area contributed by atoms with Crippen LogP contribution in [0.1, 0.15) is 29.7 Å². The van der Waals surface area contributed by atoms with Crippen LogP contribution in [0.25, 0.3) is 0 Å². The van der Waals surface area contributed by atoms with Crippen LogP contribution >= 0.6 is 0 Å². The zero-order valence-corrected chi connectivity index (χ0v) is 11.2. The summed E-state index contributed by atoms with van der Waals surface area (Å²) in [6.45, 7) is 5.84. The molecule has 0 spiro atoms. The van der Waals surface area contributed by atoms with E-state index in [1.54, 1.807) is 6.92 Å². The number of carbonyl (C=O) groups is 1. The third kappa shape index (κ3) is 3.07. The van der Waals surface area contributed by atoms with Crippen LogP contribution in [-0.4, -0.2) is 30.1 Å². The van der Waals surface area contributed by atoms with E-state index in [1.165, 1.54) is 5.56 Å². The number of aliphatic carboxylic acids is 1. The largest absolute Gasteiger partial charge is 0.481 e.